The number of benzene rings is 1. The van der Waals surface area contributed by atoms with E-state index in [1.807, 2.05) is 25.1 Å². The Morgan fingerprint density at radius 3 is 2.65 bits per heavy atom. The van der Waals surface area contributed by atoms with Crippen LogP contribution in [-0.2, 0) is 0 Å². The number of aryl methyl sites for hydroxylation is 1. The molecular formula is C15H21ClO. The largest absolute Gasteiger partial charge is 0.388 e. The van der Waals surface area contributed by atoms with Crippen LogP contribution >= 0.6 is 11.6 Å². The molecule has 1 atom stereocenters. The molecule has 0 spiro atoms. The summed E-state index contributed by atoms with van der Waals surface area (Å²) in [6.45, 7) is 2.01. The van der Waals surface area contributed by atoms with Crippen LogP contribution < -0.4 is 0 Å². The zero-order valence-electron chi connectivity index (χ0n) is 10.5. The molecule has 2 heteroatoms. The summed E-state index contributed by atoms with van der Waals surface area (Å²) < 4.78 is 0. The molecule has 94 valence electrons. The van der Waals surface area contributed by atoms with E-state index in [2.05, 4.69) is 0 Å². The molecule has 0 saturated heterocycles. The van der Waals surface area contributed by atoms with Crippen molar-refractivity contribution in [3.63, 3.8) is 0 Å². The van der Waals surface area contributed by atoms with E-state index in [1.165, 1.54) is 25.7 Å². The highest BCUT2D eigenvalue weighted by atomic mass is 35.5. The number of halogens is 1. The average Bonchev–Trinajstić information content (AvgIpc) is 2.77. The first-order valence-corrected chi connectivity index (χ1v) is 6.98. The highest BCUT2D eigenvalue weighted by Gasteiger charge is 2.17. The van der Waals surface area contributed by atoms with Crippen molar-refractivity contribution < 1.29 is 5.11 Å². The molecule has 0 bridgehead atoms. The predicted molar refractivity (Wildman–Crippen MR) is 72.3 cm³/mol. The van der Waals surface area contributed by atoms with Crippen LogP contribution in [0.25, 0.3) is 0 Å². The average molecular weight is 253 g/mol. The maximum absolute atomic E-state index is 10.2. The summed E-state index contributed by atoms with van der Waals surface area (Å²) in [4.78, 5) is 0. The van der Waals surface area contributed by atoms with Crippen LogP contribution in [0.15, 0.2) is 18.2 Å². The molecule has 1 nitrogen and oxygen atoms in total. The Morgan fingerprint density at radius 1 is 1.29 bits per heavy atom. The second-order valence-electron chi connectivity index (χ2n) is 5.31. The van der Waals surface area contributed by atoms with Crippen molar-refractivity contribution >= 4 is 11.6 Å². The molecule has 17 heavy (non-hydrogen) atoms. The van der Waals surface area contributed by atoms with Crippen LogP contribution in [-0.4, -0.2) is 5.11 Å². The molecule has 1 aliphatic rings. The van der Waals surface area contributed by atoms with Gasteiger partial charge in [0.05, 0.1) is 6.10 Å². The maximum atomic E-state index is 10.2. The van der Waals surface area contributed by atoms with Crippen molar-refractivity contribution in [2.24, 2.45) is 5.92 Å². The van der Waals surface area contributed by atoms with Crippen molar-refractivity contribution in [2.75, 3.05) is 0 Å². The highest BCUT2D eigenvalue weighted by molar-refractivity contribution is 6.30. The normalized spacial score (nSPS) is 18.5. The van der Waals surface area contributed by atoms with Crippen molar-refractivity contribution in [1.82, 2.24) is 0 Å². The van der Waals surface area contributed by atoms with Crippen LogP contribution in [0.3, 0.4) is 0 Å². The molecular weight excluding hydrogens is 232 g/mol. The first-order chi connectivity index (χ1) is 8.15. The zero-order valence-corrected chi connectivity index (χ0v) is 11.2. The van der Waals surface area contributed by atoms with Gasteiger partial charge in [-0.25, -0.2) is 0 Å². The van der Waals surface area contributed by atoms with Gasteiger partial charge in [-0.1, -0.05) is 43.4 Å². The first kappa shape index (κ1) is 12.9. The molecule has 2 rings (SSSR count). The molecule has 1 N–H and O–H groups in total. The van der Waals surface area contributed by atoms with Crippen molar-refractivity contribution in [1.29, 1.82) is 0 Å². The maximum Gasteiger partial charge on any atom is 0.0790 e. The predicted octanol–water partition coefficient (Wildman–Crippen LogP) is 4.65. The third-order valence-electron chi connectivity index (χ3n) is 3.77. The van der Waals surface area contributed by atoms with Crippen LogP contribution in [0, 0.1) is 12.8 Å². The van der Waals surface area contributed by atoms with Crippen molar-refractivity contribution in [2.45, 2.75) is 51.6 Å². The molecule has 1 saturated carbocycles. The van der Waals surface area contributed by atoms with Gasteiger partial charge in [-0.05, 0) is 48.9 Å². The Labute approximate surface area is 109 Å². The molecule has 0 aliphatic heterocycles. The smallest absolute Gasteiger partial charge is 0.0790 e. The minimum absolute atomic E-state index is 0.354. The summed E-state index contributed by atoms with van der Waals surface area (Å²) in [6, 6.07) is 5.84. The van der Waals surface area contributed by atoms with Crippen molar-refractivity contribution in [3.8, 4) is 0 Å². The molecule has 1 aromatic rings. The lowest BCUT2D eigenvalue weighted by Gasteiger charge is -2.15. The SMILES string of the molecule is Cc1cc(Cl)cc(C(O)CCC2CCCC2)c1. The Morgan fingerprint density at radius 2 is 2.00 bits per heavy atom. The van der Waals surface area contributed by atoms with E-state index >= 15 is 0 Å². The number of rotatable bonds is 4. The molecule has 0 radical (unpaired) electrons. The lowest BCUT2D eigenvalue weighted by Crippen LogP contribution is -2.02. The Bertz CT molecular complexity index is 349. The minimum atomic E-state index is -0.354. The number of aliphatic hydroxyl groups excluding tert-OH is 1. The van der Waals surface area contributed by atoms with Gasteiger partial charge in [-0.3, -0.25) is 0 Å². The van der Waals surface area contributed by atoms with Crippen molar-refractivity contribution in [3.05, 3.63) is 34.3 Å². The van der Waals surface area contributed by atoms with Gasteiger partial charge in [0.15, 0.2) is 0 Å². The van der Waals surface area contributed by atoms with Gasteiger partial charge in [0, 0.05) is 5.02 Å². The summed E-state index contributed by atoms with van der Waals surface area (Å²) in [5, 5.41) is 10.9. The topological polar surface area (TPSA) is 20.2 Å². The zero-order chi connectivity index (χ0) is 12.3. The fourth-order valence-corrected chi connectivity index (χ4v) is 3.11. The van der Waals surface area contributed by atoms with Gasteiger partial charge in [0.2, 0.25) is 0 Å². The van der Waals surface area contributed by atoms with E-state index in [-0.39, 0.29) is 6.10 Å². The number of aliphatic hydroxyl groups is 1. The fourth-order valence-electron chi connectivity index (χ4n) is 2.82. The number of hydrogen-bond donors (Lipinski definition) is 1. The van der Waals surface area contributed by atoms with E-state index in [0.717, 1.165) is 34.9 Å². The lowest BCUT2D eigenvalue weighted by atomic mass is 9.96. The summed E-state index contributed by atoms with van der Waals surface area (Å²) in [5.74, 6) is 0.838. The summed E-state index contributed by atoms with van der Waals surface area (Å²) in [7, 11) is 0. The van der Waals surface area contributed by atoms with Crippen LogP contribution in [0.2, 0.25) is 5.02 Å². The molecule has 1 fully saturated rings. The second-order valence-corrected chi connectivity index (χ2v) is 5.74. The first-order valence-electron chi connectivity index (χ1n) is 6.60. The van der Waals surface area contributed by atoms with E-state index < -0.39 is 0 Å². The molecule has 0 heterocycles. The third kappa shape index (κ3) is 3.72. The fraction of sp³-hybridized carbons (Fsp3) is 0.600. The number of hydrogen-bond acceptors (Lipinski definition) is 1. The van der Waals surface area contributed by atoms with Crippen LogP contribution in [0.5, 0.6) is 0 Å². The van der Waals surface area contributed by atoms with E-state index in [1.54, 1.807) is 0 Å². The monoisotopic (exact) mass is 252 g/mol. The van der Waals surface area contributed by atoms with Gasteiger partial charge in [0.1, 0.15) is 0 Å². The Balaban J connectivity index is 1.91. The van der Waals surface area contributed by atoms with Crippen LogP contribution in [0.4, 0.5) is 0 Å². The molecule has 1 unspecified atom stereocenters. The second kappa shape index (κ2) is 5.88. The Kier molecular flexibility index (Phi) is 4.47. The molecule has 0 amide bonds. The van der Waals surface area contributed by atoms with E-state index in [4.69, 9.17) is 11.6 Å². The molecule has 1 aromatic carbocycles. The van der Waals surface area contributed by atoms with Gasteiger partial charge >= 0.3 is 0 Å². The molecule has 1 aliphatic carbocycles. The van der Waals surface area contributed by atoms with Gasteiger partial charge in [-0.15, -0.1) is 0 Å². The highest BCUT2D eigenvalue weighted by Crippen LogP contribution is 2.32. The van der Waals surface area contributed by atoms with Gasteiger partial charge in [-0.2, -0.15) is 0 Å². The van der Waals surface area contributed by atoms with E-state index in [9.17, 15) is 5.11 Å². The third-order valence-corrected chi connectivity index (χ3v) is 3.99. The standard InChI is InChI=1S/C15H21ClO/c1-11-8-13(10-14(16)9-11)15(17)7-6-12-4-2-3-5-12/h8-10,12,15,17H,2-7H2,1H3. The summed E-state index contributed by atoms with van der Waals surface area (Å²) >= 11 is 6.01. The quantitative estimate of drug-likeness (QED) is 0.827. The Hall–Kier alpha value is -0.530. The summed E-state index contributed by atoms with van der Waals surface area (Å²) in [6.07, 6.45) is 7.10. The van der Waals surface area contributed by atoms with E-state index in [0.29, 0.717) is 0 Å². The minimum Gasteiger partial charge on any atom is -0.388 e. The van der Waals surface area contributed by atoms with Gasteiger partial charge < -0.3 is 5.11 Å². The molecule has 0 aromatic heterocycles. The summed E-state index contributed by atoms with van der Waals surface area (Å²) in [5.41, 5.74) is 2.08. The van der Waals surface area contributed by atoms with Crippen LogP contribution in [0.1, 0.15) is 55.8 Å². The lowest BCUT2D eigenvalue weighted by molar-refractivity contribution is 0.157. The van der Waals surface area contributed by atoms with Gasteiger partial charge in [0.25, 0.3) is 0 Å².